The molecule has 1 amide bonds. The Morgan fingerprint density at radius 2 is 1.83 bits per heavy atom. The number of likely N-dealkylation sites (tertiary alicyclic amines) is 1. The lowest BCUT2D eigenvalue weighted by atomic mass is 10.1. The molecule has 0 atom stereocenters. The van der Waals surface area contributed by atoms with Gasteiger partial charge in [-0.3, -0.25) is 4.79 Å². The molecule has 3 heterocycles. The first-order valence-corrected chi connectivity index (χ1v) is 10.8. The fraction of sp³-hybridized carbons (Fsp3) is 0.458. The zero-order chi connectivity index (χ0) is 21.3. The lowest BCUT2D eigenvalue weighted by Gasteiger charge is -2.33. The van der Waals surface area contributed by atoms with Gasteiger partial charge in [-0.25, -0.2) is 9.97 Å². The maximum Gasteiger partial charge on any atom is 0.226 e. The Labute approximate surface area is 177 Å². The van der Waals surface area contributed by atoms with E-state index < -0.39 is 0 Å². The summed E-state index contributed by atoms with van der Waals surface area (Å²) in [6, 6.07) is 10.4. The fourth-order valence-corrected chi connectivity index (χ4v) is 4.20. The van der Waals surface area contributed by atoms with Gasteiger partial charge >= 0.3 is 0 Å². The minimum atomic E-state index is 0.0407. The van der Waals surface area contributed by atoms with Crippen LogP contribution in [0.3, 0.4) is 0 Å². The Bertz CT molecular complexity index is 1030. The SMILES string of the molecule is Cc1c(C)n(Cc2ccccc2)c2ncnc(OC3CCN(C(=O)C(C)C)CC3)c12. The molecule has 2 aromatic heterocycles. The van der Waals surface area contributed by atoms with Crippen molar-refractivity contribution in [1.29, 1.82) is 0 Å². The van der Waals surface area contributed by atoms with E-state index in [0.29, 0.717) is 5.88 Å². The van der Waals surface area contributed by atoms with Crippen molar-refractivity contribution in [3.8, 4) is 5.88 Å². The molecule has 4 rings (SSSR count). The van der Waals surface area contributed by atoms with Crippen LogP contribution in [0.4, 0.5) is 0 Å². The molecular weight excluding hydrogens is 376 g/mol. The van der Waals surface area contributed by atoms with Crippen LogP contribution in [0.1, 0.15) is 43.5 Å². The number of amides is 1. The quantitative estimate of drug-likeness (QED) is 0.639. The molecule has 6 nitrogen and oxygen atoms in total. The summed E-state index contributed by atoms with van der Waals surface area (Å²) in [6.07, 6.45) is 3.31. The molecule has 0 saturated carbocycles. The summed E-state index contributed by atoms with van der Waals surface area (Å²) in [5.41, 5.74) is 4.48. The van der Waals surface area contributed by atoms with Crippen LogP contribution in [0.2, 0.25) is 0 Å². The molecule has 0 radical (unpaired) electrons. The standard InChI is InChI=1S/C24H30N4O2/c1-16(2)24(29)27-12-10-20(11-13-27)30-23-21-17(3)18(4)28(22(21)25-15-26-23)14-19-8-6-5-7-9-19/h5-9,15-16,20H,10-14H2,1-4H3. The van der Waals surface area contributed by atoms with Crippen LogP contribution >= 0.6 is 0 Å². The Morgan fingerprint density at radius 1 is 1.13 bits per heavy atom. The molecule has 1 fully saturated rings. The van der Waals surface area contributed by atoms with E-state index in [9.17, 15) is 4.79 Å². The molecule has 158 valence electrons. The first-order chi connectivity index (χ1) is 14.5. The van der Waals surface area contributed by atoms with E-state index in [4.69, 9.17) is 4.74 Å². The van der Waals surface area contributed by atoms with Crippen molar-refractivity contribution in [1.82, 2.24) is 19.4 Å². The number of ether oxygens (including phenoxy) is 1. The molecule has 3 aromatic rings. The van der Waals surface area contributed by atoms with Gasteiger partial charge in [-0.1, -0.05) is 44.2 Å². The number of nitrogens with zero attached hydrogens (tertiary/aromatic N) is 4. The number of carbonyl (C=O) groups is 1. The third kappa shape index (κ3) is 3.91. The molecule has 1 aliphatic heterocycles. The summed E-state index contributed by atoms with van der Waals surface area (Å²) < 4.78 is 8.59. The van der Waals surface area contributed by atoms with Gasteiger partial charge in [0.25, 0.3) is 0 Å². The van der Waals surface area contributed by atoms with Crippen LogP contribution < -0.4 is 4.74 Å². The van der Waals surface area contributed by atoms with Crippen molar-refractivity contribution >= 4 is 16.9 Å². The highest BCUT2D eigenvalue weighted by atomic mass is 16.5. The molecule has 1 aliphatic rings. The molecule has 0 unspecified atom stereocenters. The number of hydrogen-bond donors (Lipinski definition) is 0. The summed E-state index contributed by atoms with van der Waals surface area (Å²) in [7, 11) is 0. The Kier molecular flexibility index (Phi) is 5.75. The number of hydrogen-bond acceptors (Lipinski definition) is 4. The second-order valence-electron chi connectivity index (χ2n) is 8.46. The average Bonchev–Trinajstić information content (AvgIpc) is 3.00. The van der Waals surface area contributed by atoms with E-state index in [1.165, 1.54) is 11.3 Å². The van der Waals surface area contributed by atoms with Gasteiger partial charge in [0.05, 0.1) is 5.39 Å². The molecule has 0 aliphatic carbocycles. The molecule has 1 saturated heterocycles. The van der Waals surface area contributed by atoms with E-state index in [1.54, 1.807) is 6.33 Å². The predicted molar refractivity (Wildman–Crippen MR) is 118 cm³/mol. The Hall–Kier alpha value is -2.89. The highest BCUT2D eigenvalue weighted by Gasteiger charge is 2.27. The second-order valence-corrected chi connectivity index (χ2v) is 8.46. The minimum absolute atomic E-state index is 0.0407. The number of fused-ring (bicyclic) bond motifs is 1. The summed E-state index contributed by atoms with van der Waals surface area (Å²) in [6.45, 7) is 10.4. The number of benzene rings is 1. The van der Waals surface area contributed by atoms with E-state index in [2.05, 4.69) is 52.6 Å². The van der Waals surface area contributed by atoms with Crippen LogP contribution in [0.25, 0.3) is 11.0 Å². The number of aryl methyl sites for hydroxylation is 1. The van der Waals surface area contributed by atoms with Crippen molar-refractivity contribution in [2.75, 3.05) is 13.1 Å². The Balaban J connectivity index is 1.56. The van der Waals surface area contributed by atoms with Gasteiger partial charge in [-0.05, 0) is 25.0 Å². The topological polar surface area (TPSA) is 60.2 Å². The highest BCUT2D eigenvalue weighted by molar-refractivity contribution is 5.86. The summed E-state index contributed by atoms with van der Waals surface area (Å²) >= 11 is 0. The normalized spacial score (nSPS) is 15.2. The number of rotatable bonds is 5. The van der Waals surface area contributed by atoms with Crippen molar-refractivity contribution in [2.24, 2.45) is 5.92 Å². The van der Waals surface area contributed by atoms with E-state index in [1.807, 2.05) is 24.8 Å². The third-order valence-corrected chi connectivity index (χ3v) is 6.08. The largest absolute Gasteiger partial charge is 0.474 e. The first-order valence-electron chi connectivity index (χ1n) is 10.8. The summed E-state index contributed by atoms with van der Waals surface area (Å²) in [5.74, 6) is 0.919. The molecule has 0 bridgehead atoms. The average molecular weight is 407 g/mol. The second kappa shape index (κ2) is 8.46. The zero-order valence-corrected chi connectivity index (χ0v) is 18.3. The van der Waals surface area contributed by atoms with Gasteiger partial charge in [-0.15, -0.1) is 0 Å². The first kappa shape index (κ1) is 20.4. The van der Waals surface area contributed by atoms with Crippen molar-refractivity contribution in [2.45, 2.75) is 53.2 Å². The van der Waals surface area contributed by atoms with Crippen LogP contribution in [0.5, 0.6) is 5.88 Å². The maximum atomic E-state index is 12.2. The molecule has 1 aromatic carbocycles. The monoisotopic (exact) mass is 406 g/mol. The van der Waals surface area contributed by atoms with Crippen LogP contribution in [0, 0.1) is 19.8 Å². The third-order valence-electron chi connectivity index (χ3n) is 6.08. The lowest BCUT2D eigenvalue weighted by molar-refractivity contribution is -0.136. The van der Waals surface area contributed by atoms with Gasteiger partial charge in [0.1, 0.15) is 18.1 Å². The van der Waals surface area contributed by atoms with Crippen LogP contribution in [-0.2, 0) is 11.3 Å². The van der Waals surface area contributed by atoms with E-state index in [-0.39, 0.29) is 17.9 Å². The lowest BCUT2D eigenvalue weighted by Crippen LogP contribution is -2.43. The molecule has 0 spiro atoms. The van der Waals surface area contributed by atoms with Crippen molar-refractivity contribution < 1.29 is 9.53 Å². The number of piperidine rings is 1. The van der Waals surface area contributed by atoms with Gasteiger partial charge in [0, 0.05) is 44.1 Å². The van der Waals surface area contributed by atoms with Crippen LogP contribution in [-0.4, -0.2) is 44.5 Å². The minimum Gasteiger partial charge on any atom is -0.474 e. The number of carbonyl (C=O) groups excluding carboxylic acids is 1. The van der Waals surface area contributed by atoms with E-state index in [0.717, 1.165) is 49.1 Å². The summed E-state index contributed by atoms with van der Waals surface area (Å²) in [5, 5.41) is 0.992. The fourth-order valence-electron chi connectivity index (χ4n) is 4.20. The molecule has 0 N–H and O–H groups in total. The predicted octanol–water partition coefficient (Wildman–Crippen LogP) is 4.12. The molecule has 30 heavy (non-hydrogen) atoms. The number of aromatic nitrogens is 3. The Morgan fingerprint density at radius 3 is 2.50 bits per heavy atom. The van der Waals surface area contributed by atoms with Gasteiger partial charge in [-0.2, -0.15) is 0 Å². The van der Waals surface area contributed by atoms with Crippen molar-refractivity contribution in [3.63, 3.8) is 0 Å². The highest BCUT2D eigenvalue weighted by Crippen LogP contribution is 2.32. The van der Waals surface area contributed by atoms with Gasteiger partial charge < -0.3 is 14.2 Å². The van der Waals surface area contributed by atoms with Gasteiger partial charge in [0.2, 0.25) is 11.8 Å². The van der Waals surface area contributed by atoms with E-state index >= 15 is 0 Å². The zero-order valence-electron chi connectivity index (χ0n) is 18.3. The smallest absolute Gasteiger partial charge is 0.226 e. The van der Waals surface area contributed by atoms with Crippen molar-refractivity contribution in [3.05, 3.63) is 53.5 Å². The van der Waals surface area contributed by atoms with Crippen LogP contribution in [0.15, 0.2) is 36.7 Å². The summed E-state index contributed by atoms with van der Waals surface area (Å²) in [4.78, 5) is 23.2. The maximum absolute atomic E-state index is 12.2. The molecule has 6 heteroatoms. The van der Waals surface area contributed by atoms with Gasteiger partial charge in [0.15, 0.2) is 0 Å². The molecular formula is C24H30N4O2.